The molecule has 0 heterocycles. The first kappa shape index (κ1) is 20.3. The highest BCUT2D eigenvalue weighted by Crippen LogP contribution is 2.19. The summed E-state index contributed by atoms with van der Waals surface area (Å²) in [5.74, 6) is -2.32. The number of carbonyl (C=O) groups is 3. The van der Waals surface area contributed by atoms with Crippen molar-refractivity contribution in [3.05, 3.63) is 0 Å². The highest BCUT2D eigenvalue weighted by atomic mass is 16.6. The van der Waals surface area contributed by atoms with Crippen molar-refractivity contribution in [2.45, 2.75) is 44.9 Å². The molecule has 0 aliphatic heterocycles. The number of carbonyl (C=O) groups excluding carboxylic acids is 3. The van der Waals surface area contributed by atoms with Crippen LogP contribution in [0.2, 0.25) is 0 Å². The number of ether oxygens (including phenoxy) is 3. The molecule has 1 unspecified atom stereocenters. The van der Waals surface area contributed by atoms with Gasteiger partial charge in [0.15, 0.2) is 0 Å². The molecule has 0 spiro atoms. The van der Waals surface area contributed by atoms with Crippen molar-refractivity contribution in [3.8, 4) is 0 Å². The molecule has 0 saturated heterocycles. The number of rotatable bonds is 8. The molecule has 0 fully saturated rings. The van der Waals surface area contributed by atoms with Crippen LogP contribution in [0.3, 0.4) is 0 Å². The Morgan fingerprint density at radius 3 is 1.95 bits per heavy atom. The topological polar surface area (TPSA) is 157 Å². The van der Waals surface area contributed by atoms with Crippen LogP contribution in [0, 0.1) is 0 Å². The molecule has 0 aromatic carbocycles. The Kier molecular flexibility index (Phi) is 7.99. The molecule has 0 radical (unpaired) electrons. The summed E-state index contributed by atoms with van der Waals surface area (Å²) in [6, 6.07) is 0. The van der Waals surface area contributed by atoms with E-state index in [1.807, 2.05) is 0 Å². The number of hydrogen-bond donors (Lipinski definition) is 3. The Hall–Kier alpha value is -1.71. The van der Waals surface area contributed by atoms with Gasteiger partial charge < -0.3 is 25.7 Å². The molecule has 0 aromatic rings. The van der Waals surface area contributed by atoms with Gasteiger partial charge in [-0.3, -0.25) is 15.3 Å². The fourth-order valence-electron chi connectivity index (χ4n) is 1.38. The van der Waals surface area contributed by atoms with E-state index in [0.29, 0.717) is 0 Å². The summed E-state index contributed by atoms with van der Waals surface area (Å²) in [6.45, 7) is 4.27. The lowest BCUT2D eigenvalue weighted by Crippen LogP contribution is -2.55. The molecule has 6 N–H and O–H groups in total. The summed E-state index contributed by atoms with van der Waals surface area (Å²) in [6.07, 6.45) is 0.0881. The van der Waals surface area contributed by atoms with Crippen molar-refractivity contribution in [2.24, 2.45) is 17.2 Å². The third-order valence-corrected chi connectivity index (χ3v) is 2.33. The van der Waals surface area contributed by atoms with Gasteiger partial charge in [0.1, 0.15) is 5.60 Å². The van der Waals surface area contributed by atoms with E-state index in [-0.39, 0.29) is 26.0 Å². The predicted molar refractivity (Wildman–Crippen MR) is 77.2 cm³/mol. The molecule has 0 aliphatic carbocycles. The molecule has 128 valence electrons. The maximum absolute atomic E-state index is 12.1. The molecule has 0 amide bonds. The van der Waals surface area contributed by atoms with E-state index in [2.05, 4.69) is 0 Å². The second kappa shape index (κ2) is 8.66. The van der Waals surface area contributed by atoms with Crippen molar-refractivity contribution >= 4 is 17.9 Å². The molecular weight excluding hydrogens is 294 g/mol. The number of nitrogens with two attached hydrogens (primary N) is 3. The quantitative estimate of drug-likeness (QED) is 0.215. The van der Waals surface area contributed by atoms with Crippen LogP contribution in [0.15, 0.2) is 0 Å². The first-order valence-electron chi connectivity index (χ1n) is 6.84. The van der Waals surface area contributed by atoms with Gasteiger partial charge in [0, 0.05) is 6.42 Å². The fourth-order valence-corrected chi connectivity index (χ4v) is 1.38. The van der Waals surface area contributed by atoms with E-state index < -0.39 is 35.8 Å². The number of esters is 3. The molecule has 22 heavy (non-hydrogen) atoms. The Balaban J connectivity index is 4.75. The summed E-state index contributed by atoms with van der Waals surface area (Å²) in [5.41, 5.74) is 13.3. The van der Waals surface area contributed by atoms with Crippen molar-refractivity contribution < 1.29 is 28.6 Å². The standard InChI is InChI=1S/C13H25N3O6/c1-12(2,3)22-11(19)13(16,21-10(18)8-15)5-4-6-20-9(17)7-14/h4-8,14-16H2,1-3H3. The van der Waals surface area contributed by atoms with Gasteiger partial charge in [-0.25, -0.2) is 4.79 Å². The molecule has 0 saturated carbocycles. The van der Waals surface area contributed by atoms with E-state index in [0.717, 1.165) is 0 Å². The Morgan fingerprint density at radius 2 is 1.50 bits per heavy atom. The highest BCUT2D eigenvalue weighted by molar-refractivity contribution is 5.83. The summed E-state index contributed by atoms with van der Waals surface area (Å²) < 4.78 is 14.8. The van der Waals surface area contributed by atoms with Crippen LogP contribution in [0.5, 0.6) is 0 Å². The SMILES string of the molecule is CC(C)(C)OC(=O)C(N)(CCCOC(=O)CN)OC(=O)CN. The monoisotopic (exact) mass is 319 g/mol. The van der Waals surface area contributed by atoms with E-state index in [1.165, 1.54) is 0 Å². The lowest BCUT2D eigenvalue weighted by atomic mass is 10.1. The van der Waals surface area contributed by atoms with Gasteiger partial charge in [-0.2, -0.15) is 0 Å². The van der Waals surface area contributed by atoms with Crippen molar-refractivity contribution in [1.29, 1.82) is 0 Å². The van der Waals surface area contributed by atoms with Gasteiger partial charge in [0.25, 0.3) is 5.72 Å². The minimum atomic E-state index is -1.99. The zero-order valence-corrected chi connectivity index (χ0v) is 13.2. The van der Waals surface area contributed by atoms with E-state index in [1.54, 1.807) is 20.8 Å². The van der Waals surface area contributed by atoms with E-state index in [9.17, 15) is 14.4 Å². The second-order valence-corrected chi connectivity index (χ2v) is 5.60. The summed E-state index contributed by atoms with van der Waals surface area (Å²) in [5, 5.41) is 0. The van der Waals surface area contributed by atoms with Crippen LogP contribution >= 0.6 is 0 Å². The molecule has 0 rings (SSSR count). The lowest BCUT2D eigenvalue weighted by Gasteiger charge is -2.30. The van der Waals surface area contributed by atoms with Gasteiger partial charge in [-0.1, -0.05) is 0 Å². The highest BCUT2D eigenvalue weighted by Gasteiger charge is 2.41. The van der Waals surface area contributed by atoms with Gasteiger partial charge >= 0.3 is 17.9 Å². The Bertz CT molecular complexity index is 407. The summed E-state index contributed by atoms with van der Waals surface area (Å²) in [4.78, 5) is 34.4. The summed E-state index contributed by atoms with van der Waals surface area (Å²) in [7, 11) is 0. The van der Waals surface area contributed by atoms with Crippen LogP contribution in [-0.4, -0.2) is 48.9 Å². The van der Waals surface area contributed by atoms with Gasteiger partial charge in [-0.05, 0) is 27.2 Å². The van der Waals surface area contributed by atoms with Crippen LogP contribution in [-0.2, 0) is 28.6 Å². The average molecular weight is 319 g/mol. The van der Waals surface area contributed by atoms with E-state index >= 15 is 0 Å². The third kappa shape index (κ3) is 7.91. The molecular formula is C13H25N3O6. The molecule has 9 nitrogen and oxygen atoms in total. The van der Waals surface area contributed by atoms with Gasteiger partial charge in [-0.15, -0.1) is 0 Å². The third-order valence-electron chi connectivity index (χ3n) is 2.33. The zero-order chi connectivity index (χ0) is 17.4. The largest absolute Gasteiger partial charge is 0.465 e. The molecule has 1 atom stereocenters. The van der Waals surface area contributed by atoms with Gasteiger partial charge in [0.05, 0.1) is 19.7 Å². The first-order valence-corrected chi connectivity index (χ1v) is 6.84. The van der Waals surface area contributed by atoms with Crippen LogP contribution in [0.25, 0.3) is 0 Å². The van der Waals surface area contributed by atoms with Crippen molar-refractivity contribution in [2.75, 3.05) is 19.7 Å². The fraction of sp³-hybridized carbons (Fsp3) is 0.769. The van der Waals surface area contributed by atoms with Crippen LogP contribution < -0.4 is 17.2 Å². The lowest BCUT2D eigenvalue weighted by molar-refractivity contribution is -0.191. The molecule has 0 aliphatic rings. The van der Waals surface area contributed by atoms with Crippen LogP contribution in [0.1, 0.15) is 33.6 Å². The minimum absolute atomic E-state index is 0.0159. The van der Waals surface area contributed by atoms with Crippen molar-refractivity contribution in [3.63, 3.8) is 0 Å². The number of hydrogen-bond acceptors (Lipinski definition) is 9. The zero-order valence-electron chi connectivity index (χ0n) is 13.2. The van der Waals surface area contributed by atoms with Crippen molar-refractivity contribution in [1.82, 2.24) is 0 Å². The second-order valence-electron chi connectivity index (χ2n) is 5.60. The average Bonchev–Trinajstić information content (AvgIpc) is 2.41. The predicted octanol–water partition coefficient (Wildman–Crippen LogP) is -1.23. The Morgan fingerprint density at radius 1 is 0.955 bits per heavy atom. The smallest absolute Gasteiger partial charge is 0.366 e. The maximum Gasteiger partial charge on any atom is 0.366 e. The summed E-state index contributed by atoms with van der Waals surface area (Å²) >= 11 is 0. The molecule has 9 heteroatoms. The molecule has 0 bridgehead atoms. The first-order chi connectivity index (χ1) is 10.0. The van der Waals surface area contributed by atoms with E-state index in [4.69, 9.17) is 31.4 Å². The Labute approximate surface area is 129 Å². The maximum atomic E-state index is 12.1. The minimum Gasteiger partial charge on any atom is -0.465 e. The molecule has 0 aromatic heterocycles. The van der Waals surface area contributed by atoms with Gasteiger partial charge in [0.2, 0.25) is 0 Å². The normalized spacial score (nSPS) is 13.9. The van der Waals surface area contributed by atoms with Crippen LogP contribution in [0.4, 0.5) is 0 Å².